The molecule has 0 spiro atoms. The Balaban J connectivity index is 2.78. The van der Waals surface area contributed by atoms with Gasteiger partial charge in [0.15, 0.2) is 23.5 Å². The quantitative estimate of drug-likeness (QED) is 0.748. The maximum atomic E-state index is 12.7. The summed E-state index contributed by atoms with van der Waals surface area (Å²) in [5.74, 6) is -1.95. The smallest absolute Gasteiger partial charge is 0.169 e. The average molecular weight is 200 g/mol. The number of ketones is 1. The molecule has 0 aliphatic rings. The molecule has 0 aliphatic heterocycles. The summed E-state index contributed by atoms with van der Waals surface area (Å²) in [5, 5.41) is 0. The van der Waals surface area contributed by atoms with E-state index in [4.69, 9.17) is 4.74 Å². The summed E-state index contributed by atoms with van der Waals surface area (Å²) in [5.41, 5.74) is 0. The summed E-state index contributed by atoms with van der Waals surface area (Å²) in [6.45, 7) is 2.91. The summed E-state index contributed by atoms with van der Waals surface area (Å²) in [4.78, 5) is 10.8. The fourth-order valence-electron chi connectivity index (χ4n) is 0.837. The largest absolute Gasteiger partial charge is 0.483 e. The van der Waals surface area contributed by atoms with Crippen LogP contribution in [0.15, 0.2) is 18.2 Å². The zero-order valence-corrected chi connectivity index (χ0v) is 7.88. The van der Waals surface area contributed by atoms with Gasteiger partial charge in [0, 0.05) is 6.07 Å². The van der Waals surface area contributed by atoms with Crippen molar-refractivity contribution in [3.63, 3.8) is 0 Å². The lowest BCUT2D eigenvalue weighted by Gasteiger charge is -2.11. The van der Waals surface area contributed by atoms with E-state index < -0.39 is 17.7 Å². The Bertz CT molecular complexity index is 350. The molecule has 1 rings (SSSR count). The Hall–Kier alpha value is -1.45. The van der Waals surface area contributed by atoms with Crippen molar-refractivity contribution in [3.05, 3.63) is 29.8 Å². The van der Waals surface area contributed by atoms with Gasteiger partial charge in [-0.15, -0.1) is 0 Å². The van der Waals surface area contributed by atoms with Crippen molar-refractivity contribution in [2.45, 2.75) is 20.0 Å². The van der Waals surface area contributed by atoms with Crippen molar-refractivity contribution >= 4 is 5.78 Å². The number of halogens is 2. The van der Waals surface area contributed by atoms with Crippen molar-refractivity contribution in [1.82, 2.24) is 0 Å². The molecule has 1 atom stereocenters. The number of hydrogen-bond acceptors (Lipinski definition) is 2. The number of hydrogen-bond donors (Lipinski definition) is 0. The highest BCUT2D eigenvalue weighted by atomic mass is 19.2. The highest BCUT2D eigenvalue weighted by Gasteiger charge is 2.10. The average Bonchev–Trinajstić information content (AvgIpc) is 2.11. The van der Waals surface area contributed by atoms with Crippen molar-refractivity contribution < 1.29 is 18.3 Å². The van der Waals surface area contributed by atoms with E-state index in [1.807, 2.05) is 0 Å². The fraction of sp³-hybridized carbons (Fsp3) is 0.300. The van der Waals surface area contributed by atoms with E-state index in [1.54, 1.807) is 6.92 Å². The number of carbonyl (C=O) groups excluding carboxylic acids is 1. The first-order valence-electron chi connectivity index (χ1n) is 4.13. The SMILES string of the molecule is CC(=O)C(C)Oc1ccc(F)c(F)c1. The molecule has 0 amide bonds. The highest BCUT2D eigenvalue weighted by Crippen LogP contribution is 2.16. The molecule has 0 saturated carbocycles. The Morgan fingerprint density at radius 3 is 2.50 bits per heavy atom. The molecule has 0 heterocycles. The molecule has 1 unspecified atom stereocenters. The normalized spacial score (nSPS) is 12.3. The molecule has 0 aromatic heterocycles. The van der Waals surface area contributed by atoms with Gasteiger partial charge in [0.05, 0.1) is 0 Å². The van der Waals surface area contributed by atoms with Crippen LogP contribution in [0.4, 0.5) is 8.78 Å². The minimum absolute atomic E-state index is 0.145. The summed E-state index contributed by atoms with van der Waals surface area (Å²) in [7, 11) is 0. The summed E-state index contributed by atoms with van der Waals surface area (Å²) < 4.78 is 30.2. The maximum Gasteiger partial charge on any atom is 0.169 e. The molecule has 76 valence electrons. The molecule has 0 N–H and O–H groups in total. The van der Waals surface area contributed by atoms with E-state index in [2.05, 4.69) is 0 Å². The molecule has 0 saturated heterocycles. The zero-order chi connectivity index (χ0) is 10.7. The maximum absolute atomic E-state index is 12.7. The molecule has 1 aromatic rings. The third-order valence-electron chi connectivity index (χ3n) is 1.78. The van der Waals surface area contributed by atoms with Crippen molar-refractivity contribution in [1.29, 1.82) is 0 Å². The fourth-order valence-corrected chi connectivity index (χ4v) is 0.837. The highest BCUT2D eigenvalue weighted by molar-refractivity contribution is 5.80. The Morgan fingerprint density at radius 1 is 1.36 bits per heavy atom. The Kier molecular flexibility index (Phi) is 3.17. The van der Waals surface area contributed by atoms with Gasteiger partial charge in [-0.1, -0.05) is 0 Å². The molecular formula is C10H10F2O2. The molecule has 0 bridgehead atoms. The minimum Gasteiger partial charge on any atom is -0.483 e. The van der Waals surface area contributed by atoms with E-state index in [-0.39, 0.29) is 11.5 Å². The van der Waals surface area contributed by atoms with Gasteiger partial charge in [-0.05, 0) is 26.0 Å². The van der Waals surface area contributed by atoms with Crippen LogP contribution in [-0.4, -0.2) is 11.9 Å². The monoisotopic (exact) mass is 200 g/mol. The van der Waals surface area contributed by atoms with Crippen molar-refractivity contribution in [2.75, 3.05) is 0 Å². The van der Waals surface area contributed by atoms with Gasteiger partial charge in [0.1, 0.15) is 5.75 Å². The first-order valence-corrected chi connectivity index (χ1v) is 4.13. The predicted molar refractivity (Wildman–Crippen MR) is 47.1 cm³/mol. The van der Waals surface area contributed by atoms with Crippen molar-refractivity contribution in [3.8, 4) is 5.75 Å². The molecule has 4 heteroatoms. The second kappa shape index (κ2) is 4.17. The number of rotatable bonds is 3. The summed E-state index contributed by atoms with van der Waals surface area (Å²) >= 11 is 0. The lowest BCUT2D eigenvalue weighted by atomic mass is 10.3. The van der Waals surface area contributed by atoms with Gasteiger partial charge in [-0.25, -0.2) is 8.78 Å². The van der Waals surface area contributed by atoms with Gasteiger partial charge in [0.25, 0.3) is 0 Å². The van der Waals surface area contributed by atoms with E-state index >= 15 is 0 Å². The van der Waals surface area contributed by atoms with E-state index in [0.29, 0.717) is 0 Å². The van der Waals surface area contributed by atoms with Gasteiger partial charge in [-0.2, -0.15) is 0 Å². The van der Waals surface area contributed by atoms with Gasteiger partial charge in [-0.3, -0.25) is 4.79 Å². The van der Waals surface area contributed by atoms with Crippen LogP contribution < -0.4 is 4.74 Å². The predicted octanol–water partition coefficient (Wildman–Crippen LogP) is 2.32. The van der Waals surface area contributed by atoms with Crippen LogP contribution in [0.25, 0.3) is 0 Å². The third kappa shape index (κ3) is 2.52. The number of benzene rings is 1. The molecule has 1 aromatic carbocycles. The molecular weight excluding hydrogens is 190 g/mol. The lowest BCUT2D eigenvalue weighted by Crippen LogP contribution is -2.20. The number of Topliss-reactive ketones (excluding diaryl/α,β-unsaturated/α-hetero) is 1. The standard InChI is InChI=1S/C10H10F2O2/c1-6(13)7(2)14-8-3-4-9(11)10(12)5-8/h3-5,7H,1-2H3. The minimum atomic E-state index is -0.988. The van der Waals surface area contributed by atoms with Crippen LogP contribution in [0.3, 0.4) is 0 Å². The molecule has 0 radical (unpaired) electrons. The van der Waals surface area contributed by atoms with Crippen LogP contribution >= 0.6 is 0 Å². The van der Waals surface area contributed by atoms with Gasteiger partial charge < -0.3 is 4.74 Å². The van der Waals surface area contributed by atoms with E-state index in [9.17, 15) is 13.6 Å². The van der Waals surface area contributed by atoms with E-state index in [0.717, 1.165) is 12.1 Å². The van der Waals surface area contributed by atoms with Crippen LogP contribution in [0.1, 0.15) is 13.8 Å². The van der Waals surface area contributed by atoms with Gasteiger partial charge in [0.2, 0.25) is 0 Å². The summed E-state index contributed by atoms with van der Waals surface area (Å²) in [6, 6.07) is 3.14. The molecule has 0 aliphatic carbocycles. The number of carbonyl (C=O) groups is 1. The first-order chi connectivity index (χ1) is 6.50. The zero-order valence-electron chi connectivity index (χ0n) is 7.88. The Morgan fingerprint density at radius 2 is 2.00 bits per heavy atom. The summed E-state index contributed by atoms with van der Waals surface area (Å²) in [6.07, 6.45) is -0.653. The van der Waals surface area contributed by atoms with Gasteiger partial charge >= 0.3 is 0 Å². The second-order valence-corrected chi connectivity index (χ2v) is 2.95. The van der Waals surface area contributed by atoms with Crippen LogP contribution in [-0.2, 0) is 4.79 Å². The topological polar surface area (TPSA) is 26.3 Å². The van der Waals surface area contributed by atoms with Crippen LogP contribution in [0.2, 0.25) is 0 Å². The Labute approximate surface area is 80.5 Å². The van der Waals surface area contributed by atoms with Crippen LogP contribution in [0.5, 0.6) is 5.75 Å². The number of ether oxygens (including phenoxy) is 1. The lowest BCUT2D eigenvalue weighted by molar-refractivity contribution is -0.122. The van der Waals surface area contributed by atoms with Crippen molar-refractivity contribution in [2.24, 2.45) is 0 Å². The third-order valence-corrected chi connectivity index (χ3v) is 1.78. The van der Waals surface area contributed by atoms with Crippen LogP contribution in [0, 0.1) is 11.6 Å². The second-order valence-electron chi connectivity index (χ2n) is 2.95. The van der Waals surface area contributed by atoms with E-state index in [1.165, 1.54) is 13.0 Å². The molecule has 0 fully saturated rings. The molecule has 14 heavy (non-hydrogen) atoms. The first kappa shape index (κ1) is 10.6. The molecule has 2 nitrogen and oxygen atoms in total.